The summed E-state index contributed by atoms with van der Waals surface area (Å²) in [6, 6.07) is 0. The zero-order valence-electron chi connectivity index (χ0n) is 10.7. The van der Waals surface area contributed by atoms with Crippen LogP contribution in [0.4, 0.5) is 0 Å². The first-order valence-electron chi connectivity index (χ1n) is 5.58. The van der Waals surface area contributed by atoms with Gasteiger partial charge in [0, 0.05) is 26.7 Å². The van der Waals surface area contributed by atoms with Gasteiger partial charge < -0.3 is 20.5 Å². The van der Waals surface area contributed by atoms with E-state index in [9.17, 15) is 4.79 Å². The van der Waals surface area contributed by atoms with E-state index in [4.69, 9.17) is 9.84 Å². The number of ether oxygens (including phenoxy) is 1. The van der Waals surface area contributed by atoms with Gasteiger partial charge in [0.05, 0.1) is 18.1 Å². The zero-order chi connectivity index (χ0) is 12.6. The second-order valence-electron chi connectivity index (χ2n) is 4.54. The van der Waals surface area contributed by atoms with Crippen LogP contribution in [0.3, 0.4) is 0 Å². The van der Waals surface area contributed by atoms with Crippen LogP contribution in [0.15, 0.2) is 0 Å². The van der Waals surface area contributed by atoms with E-state index in [1.165, 1.54) is 0 Å². The maximum atomic E-state index is 11.4. The molecule has 0 aliphatic carbocycles. The van der Waals surface area contributed by atoms with Crippen molar-refractivity contribution in [1.82, 2.24) is 10.6 Å². The van der Waals surface area contributed by atoms with Crippen LogP contribution < -0.4 is 10.6 Å². The first-order chi connectivity index (χ1) is 7.37. The summed E-state index contributed by atoms with van der Waals surface area (Å²) < 4.78 is 5.16. The van der Waals surface area contributed by atoms with Crippen LogP contribution in [0, 0.1) is 0 Å². The second-order valence-corrected chi connectivity index (χ2v) is 4.54. The van der Waals surface area contributed by atoms with Crippen LogP contribution in [0.2, 0.25) is 0 Å². The van der Waals surface area contributed by atoms with Crippen molar-refractivity contribution in [1.29, 1.82) is 0 Å². The number of carbonyl (C=O) groups is 1. The highest BCUT2D eigenvalue weighted by molar-refractivity contribution is 5.76. The van der Waals surface area contributed by atoms with Gasteiger partial charge in [-0.3, -0.25) is 4.79 Å². The van der Waals surface area contributed by atoms with Gasteiger partial charge in [0.2, 0.25) is 5.91 Å². The Labute approximate surface area is 97.6 Å². The van der Waals surface area contributed by atoms with E-state index in [-0.39, 0.29) is 12.0 Å². The predicted octanol–water partition coefficient (Wildman–Crippen LogP) is -0.112. The number of hydrogen-bond donors (Lipinski definition) is 3. The summed E-state index contributed by atoms with van der Waals surface area (Å²) >= 11 is 0. The maximum Gasteiger partial charge on any atom is 0.222 e. The molecule has 0 fully saturated rings. The quantitative estimate of drug-likeness (QED) is 0.511. The number of nitrogens with one attached hydrogen (secondary N) is 2. The Hall–Kier alpha value is -0.650. The lowest BCUT2D eigenvalue weighted by atomic mass is 10.1. The van der Waals surface area contributed by atoms with E-state index in [1.54, 1.807) is 14.0 Å². The van der Waals surface area contributed by atoms with Crippen LogP contribution in [-0.2, 0) is 9.53 Å². The summed E-state index contributed by atoms with van der Waals surface area (Å²) in [6.07, 6.45) is -0.0111. The van der Waals surface area contributed by atoms with Gasteiger partial charge >= 0.3 is 0 Å². The Morgan fingerprint density at radius 3 is 2.56 bits per heavy atom. The molecule has 0 heterocycles. The molecule has 0 aliphatic heterocycles. The molecule has 0 aromatic carbocycles. The summed E-state index contributed by atoms with van der Waals surface area (Å²) in [5.74, 6) is -0.0225. The molecule has 0 aromatic heterocycles. The molecule has 5 heteroatoms. The molecule has 1 amide bonds. The van der Waals surface area contributed by atoms with Crippen molar-refractivity contribution in [3.8, 4) is 0 Å². The zero-order valence-corrected chi connectivity index (χ0v) is 10.7. The molecule has 1 unspecified atom stereocenters. The molecule has 96 valence electrons. The van der Waals surface area contributed by atoms with Gasteiger partial charge in [-0.2, -0.15) is 0 Å². The number of aliphatic hydroxyl groups is 1. The SMILES string of the molecule is COC(C)(C)CC(=O)NCCNCC(C)O. The van der Waals surface area contributed by atoms with E-state index in [2.05, 4.69) is 10.6 Å². The van der Waals surface area contributed by atoms with Crippen molar-refractivity contribution < 1.29 is 14.6 Å². The van der Waals surface area contributed by atoms with Crippen molar-refractivity contribution in [2.75, 3.05) is 26.7 Å². The first-order valence-corrected chi connectivity index (χ1v) is 5.58. The van der Waals surface area contributed by atoms with Crippen LogP contribution >= 0.6 is 0 Å². The van der Waals surface area contributed by atoms with Crippen LogP contribution in [-0.4, -0.2) is 49.5 Å². The Kier molecular flexibility index (Phi) is 7.29. The first kappa shape index (κ1) is 15.3. The van der Waals surface area contributed by atoms with Gasteiger partial charge in [-0.1, -0.05) is 0 Å². The lowest BCUT2D eigenvalue weighted by molar-refractivity contribution is -0.126. The lowest BCUT2D eigenvalue weighted by Crippen LogP contribution is -2.38. The molecule has 0 aliphatic rings. The highest BCUT2D eigenvalue weighted by Gasteiger charge is 2.20. The molecule has 3 N–H and O–H groups in total. The predicted molar refractivity (Wildman–Crippen MR) is 63.3 cm³/mol. The minimum atomic E-state index is -0.420. The van der Waals surface area contributed by atoms with Gasteiger partial charge in [-0.15, -0.1) is 0 Å². The number of methoxy groups -OCH3 is 1. The standard InChI is InChI=1S/C11H24N2O3/c1-9(14)8-12-5-6-13-10(15)7-11(2,3)16-4/h9,12,14H,5-8H2,1-4H3,(H,13,15). The smallest absolute Gasteiger partial charge is 0.222 e. The summed E-state index contributed by atoms with van der Waals surface area (Å²) in [7, 11) is 1.59. The van der Waals surface area contributed by atoms with E-state index in [0.29, 0.717) is 26.1 Å². The van der Waals surface area contributed by atoms with Crippen molar-refractivity contribution in [3.63, 3.8) is 0 Å². The molecule has 0 saturated carbocycles. The van der Waals surface area contributed by atoms with Crippen LogP contribution in [0.1, 0.15) is 27.2 Å². The largest absolute Gasteiger partial charge is 0.392 e. The lowest BCUT2D eigenvalue weighted by Gasteiger charge is -2.21. The van der Waals surface area contributed by atoms with Crippen molar-refractivity contribution in [2.24, 2.45) is 0 Å². The number of aliphatic hydroxyl groups excluding tert-OH is 1. The third kappa shape index (κ3) is 8.64. The van der Waals surface area contributed by atoms with Crippen molar-refractivity contribution in [3.05, 3.63) is 0 Å². The van der Waals surface area contributed by atoms with Crippen molar-refractivity contribution in [2.45, 2.75) is 38.9 Å². The fourth-order valence-corrected chi connectivity index (χ4v) is 1.12. The van der Waals surface area contributed by atoms with Gasteiger partial charge in [-0.05, 0) is 20.8 Å². The van der Waals surface area contributed by atoms with Crippen LogP contribution in [0.5, 0.6) is 0 Å². The Bertz CT molecular complexity index is 205. The molecule has 5 nitrogen and oxygen atoms in total. The molecule has 0 rings (SSSR count). The Morgan fingerprint density at radius 2 is 2.06 bits per heavy atom. The number of amides is 1. The minimum Gasteiger partial charge on any atom is -0.392 e. The second kappa shape index (κ2) is 7.60. The third-order valence-electron chi connectivity index (χ3n) is 2.20. The molecular weight excluding hydrogens is 208 g/mol. The molecule has 16 heavy (non-hydrogen) atoms. The Morgan fingerprint density at radius 1 is 1.44 bits per heavy atom. The van der Waals surface area contributed by atoms with E-state index in [1.807, 2.05) is 13.8 Å². The van der Waals surface area contributed by atoms with E-state index >= 15 is 0 Å². The summed E-state index contributed by atoms with van der Waals surface area (Å²) in [5, 5.41) is 14.8. The van der Waals surface area contributed by atoms with Gasteiger partial charge in [0.25, 0.3) is 0 Å². The highest BCUT2D eigenvalue weighted by atomic mass is 16.5. The monoisotopic (exact) mass is 232 g/mol. The van der Waals surface area contributed by atoms with E-state index in [0.717, 1.165) is 0 Å². The van der Waals surface area contributed by atoms with Gasteiger partial charge in [-0.25, -0.2) is 0 Å². The average Bonchev–Trinajstić information content (AvgIpc) is 2.16. The molecule has 0 spiro atoms. The topological polar surface area (TPSA) is 70.6 Å². The molecule has 0 radical (unpaired) electrons. The van der Waals surface area contributed by atoms with Crippen molar-refractivity contribution >= 4 is 5.91 Å². The maximum absolute atomic E-state index is 11.4. The van der Waals surface area contributed by atoms with Crippen LogP contribution in [0.25, 0.3) is 0 Å². The molecule has 0 aromatic rings. The molecular formula is C11H24N2O3. The number of rotatable bonds is 8. The normalized spacial score (nSPS) is 13.6. The molecule has 0 bridgehead atoms. The minimum absolute atomic E-state index is 0.0225. The molecule has 0 saturated heterocycles. The number of carbonyl (C=O) groups excluding carboxylic acids is 1. The summed E-state index contributed by atoms with van der Waals surface area (Å²) in [5.41, 5.74) is -0.420. The highest BCUT2D eigenvalue weighted by Crippen LogP contribution is 2.11. The number of hydrogen-bond acceptors (Lipinski definition) is 4. The summed E-state index contributed by atoms with van der Waals surface area (Å²) in [6.45, 7) is 7.22. The third-order valence-corrected chi connectivity index (χ3v) is 2.20. The van der Waals surface area contributed by atoms with Gasteiger partial charge in [0.15, 0.2) is 0 Å². The summed E-state index contributed by atoms with van der Waals surface area (Å²) in [4.78, 5) is 11.4. The molecule has 1 atom stereocenters. The average molecular weight is 232 g/mol. The Balaban J connectivity index is 3.52. The van der Waals surface area contributed by atoms with Gasteiger partial charge in [0.1, 0.15) is 0 Å². The fourth-order valence-electron chi connectivity index (χ4n) is 1.12. The van der Waals surface area contributed by atoms with E-state index < -0.39 is 5.60 Å². The fraction of sp³-hybridized carbons (Fsp3) is 0.909.